The highest BCUT2D eigenvalue weighted by Crippen LogP contribution is 2.39. The van der Waals surface area contributed by atoms with Crippen LogP contribution in [-0.2, 0) is 28.5 Å². The molecule has 1 aromatic carbocycles. The minimum atomic E-state index is -1.66. The molecule has 0 aliphatic carbocycles. The van der Waals surface area contributed by atoms with E-state index in [9.17, 15) is 30.0 Å². The number of benzene rings is 1. The number of phenols is 1. The quantitative estimate of drug-likeness (QED) is 0.321. The van der Waals surface area contributed by atoms with Crippen LogP contribution in [0, 0.1) is 11.8 Å². The molecule has 3 heterocycles. The number of carbonyl (C=O) groups excluding carboxylic acids is 2. The molecule has 0 bridgehead atoms. The van der Waals surface area contributed by atoms with E-state index in [0.29, 0.717) is 12.0 Å². The van der Waals surface area contributed by atoms with Crippen molar-refractivity contribution in [1.82, 2.24) is 0 Å². The molecule has 0 unspecified atom stereocenters. The Hall–Kier alpha value is -2.96. The average molecular weight is 478 g/mol. The second-order valence-corrected chi connectivity index (χ2v) is 8.18. The summed E-state index contributed by atoms with van der Waals surface area (Å²) in [6, 6.07) is 5.36. The summed E-state index contributed by atoms with van der Waals surface area (Å²) in [6.07, 6.45) is -5.14. The van der Waals surface area contributed by atoms with E-state index >= 15 is 0 Å². The van der Waals surface area contributed by atoms with Gasteiger partial charge in [-0.15, -0.1) is 6.58 Å². The molecular weight excluding hydrogens is 452 g/mol. The number of phenolic OH excluding ortho intramolecular Hbond substituents is 1. The number of hydrogen-bond acceptors (Lipinski definition) is 11. The third-order valence-electron chi connectivity index (χ3n) is 6.09. The van der Waals surface area contributed by atoms with E-state index < -0.39 is 61.5 Å². The second kappa shape index (κ2) is 10.1. The minimum Gasteiger partial charge on any atom is -0.508 e. The first-order valence-corrected chi connectivity index (χ1v) is 10.8. The fourth-order valence-electron chi connectivity index (χ4n) is 4.28. The third-order valence-corrected chi connectivity index (χ3v) is 6.09. The van der Waals surface area contributed by atoms with E-state index in [1.165, 1.54) is 30.5 Å². The number of rotatable bonds is 6. The highest BCUT2D eigenvalue weighted by atomic mass is 16.8. The lowest BCUT2D eigenvalue weighted by atomic mass is 9.81. The van der Waals surface area contributed by atoms with E-state index in [-0.39, 0.29) is 23.8 Å². The van der Waals surface area contributed by atoms with Gasteiger partial charge in [-0.05, 0) is 24.6 Å². The number of esters is 2. The van der Waals surface area contributed by atoms with Gasteiger partial charge in [-0.3, -0.25) is 0 Å². The van der Waals surface area contributed by atoms with E-state index in [1.54, 1.807) is 6.08 Å². The van der Waals surface area contributed by atoms with Gasteiger partial charge >= 0.3 is 11.9 Å². The summed E-state index contributed by atoms with van der Waals surface area (Å²) in [5.74, 6) is -2.34. The van der Waals surface area contributed by atoms with Crippen molar-refractivity contribution in [1.29, 1.82) is 0 Å². The van der Waals surface area contributed by atoms with Gasteiger partial charge in [0.15, 0.2) is 12.4 Å². The Bertz CT molecular complexity index is 960. The first kappa shape index (κ1) is 24.2. The second-order valence-electron chi connectivity index (χ2n) is 8.18. The number of carbonyl (C=O) groups is 2. The molecule has 184 valence electrons. The first-order valence-electron chi connectivity index (χ1n) is 10.8. The van der Waals surface area contributed by atoms with Crippen LogP contribution in [0.2, 0.25) is 0 Å². The molecule has 0 spiro atoms. The molecule has 0 amide bonds. The van der Waals surface area contributed by atoms with Crippen LogP contribution in [0.15, 0.2) is 48.8 Å². The molecule has 11 heteroatoms. The Morgan fingerprint density at radius 3 is 2.74 bits per heavy atom. The van der Waals surface area contributed by atoms with Gasteiger partial charge in [0.1, 0.15) is 24.1 Å². The molecule has 0 radical (unpaired) electrons. The van der Waals surface area contributed by atoms with Crippen LogP contribution in [-0.4, -0.2) is 82.6 Å². The van der Waals surface area contributed by atoms with Crippen molar-refractivity contribution in [3.05, 3.63) is 54.3 Å². The molecule has 11 nitrogen and oxygen atoms in total. The fraction of sp³-hybridized carbons (Fsp3) is 0.478. The predicted molar refractivity (Wildman–Crippen MR) is 112 cm³/mol. The largest absolute Gasteiger partial charge is 0.508 e. The Kier molecular flexibility index (Phi) is 7.19. The van der Waals surface area contributed by atoms with E-state index in [1.807, 2.05) is 0 Å². The molecule has 3 aliphatic heterocycles. The molecule has 0 aromatic heterocycles. The van der Waals surface area contributed by atoms with Crippen LogP contribution in [0.25, 0.3) is 0 Å². The maximum Gasteiger partial charge on any atom is 0.338 e. The number of aliphatic hydroxyl groups excluding tert-OH is 3. The number of cyclic esters (lactones) is 1. The van der Waals surface area contributed by atoms with Gasteiger partial charge in [-0.2, -0.15) is 0 Å². The topological polar surface area (TPSA) is 161 Å². The Labute approximate surface area is 194 Å². The van der Waals surface area contributed by atoms with E-state index in [0.717, 1.165) is 0 Å². The molecule has 4 rings (SSSR count). The van der Waals surface area contributed by atoms with Crippen molar-refractivity contribution in [3.63, 3.8) is 0 Å². The lowest BCUT2D eigenvalue weighted by Gasteiger charge is -2.44. The summed E-state index contributed by atoms with van der Waals surface area (Å²) in [5.41, 5.74) is 0.343. The molecular formula is C23H26O11. The third kappa shape index (κ3) is 4.65. The van der Waals surface area contributed by atoms with Crippen LogP contribution in [0.5, 0.6) is 5.75 Å². The number of hydrogen-bond donors (Lipinski definition) is 4. The molecule has 2 saturated heterocycles. The van der Waals surface area contributed by atoms with Gasteiger partial charge in [0, 0.05) is 11.8 Å². The molecule has 3 aliphatic rings. The van der Waals surface area contributed by atoms with Crippen LogP contribution >= 0.6 is 0 Å². The van der Waals surface area contributed by atoms with Gasteiger partial charge < -0.3 is 44.1 Å². The zero-order chi connectivity index (χ0) is 24.4. The normalized spacial score (nSPS) is 35.3. The number of ether oxygens (including phenoxy) is 5. The van der Waals surface area contributed by atoms with Crippen molar-refractivity contribution in [2.75, 3.05) is 13.2 Å². The first-order chi connectivity index (χ1) is 16.3. The maximum absolute atomic E-state index is 12.5. The monoisotopic (exact) mass is 478 g/mol. The summed E-state index contributed by atoms with van der Waals surface area (Å²) >= 11 is 0. The van der Waals surface area contributed by atoms with E-state index in [2.05, 4.69) is 6.58 Å². The molecule has 34 heavy (non-hydrogen) atoms. The highest BCUT2D eigenvalue weighted by molar-refractivity contribution is 5.90. The zero-order valence-electron chi connectivity index (χ0n) is 18.1. The van der Waals surface area contributed by atoms with Gasteiger partial charge in [-0.1, -0.05) is 12.1 Å². The lowest BCUT2D eigenvalue weighted by molar-refractivity contribution is -0.339. The highest BCUT2D eigenvalue weighted by Gasteiger charge is 2.50. The molecule has 4 N–H and O–H groups in total. The summed E-state index contributed by atoms with van der Waals surface area (Å²) in [4.78, 5) is 24.6. The SMILES string of the molecule is C=C[C@@H]1[C@H](O[C@@H]2O[C@H](CO)[C@H](O)[C@H](OC(=O)c3cccc(O)c3)[C@H]2O)OC=C2C(=O)OCC[C@H]21. The molecule has 2 fully saturated rings. The average Bonchev–Trinajstić information content (AvgIpc) is 2.83. The molecule has 0 saturated carbocycles. The summed E-state index contributed by atoms with van der Waals surface area (Å²) in [7, 11) is 0. The molecule has 8 atom stereocenters. The van der Waals surface area contributed by atoms with Crippen LogP contribution in [0.3, 0.4) is 0 Å². The zero-order valence-corrected chi connectivity index (χ0v) is 18.1. The van der Waals surface area contributed by atoms with Crippen molar-refractivity contribution in [3.8, 4) is 5.75 Å². The van der Waals surface area contributed by atoms with Crippen LogP contribution < -0.4 is 0 Å². The van der Waals surface area contributed by atoms with Gasteiger partial charge in [0.05, 0.1) is 30.6 Å². The van der Waals surface area contributed by atoms with Gasteiger partial charge in [-0.25, -0.2) is 9.59 Å². The Balaban J connectivity index is 1.52. The maximum atomic E-state index is 12.5. The van der Waals surface area contributed by atoms with Crippen molar-refractivity contribution < 1.29 is 53.7 Å². The lowest BCUT2D eigenvalue weighted by Crippen LogP contribution is -2.61. The number of aromatic hydroxyl groups is 1. The van der Waals surface area contributed by atoms with Crippen molar-refractivity contribution >= 4 is 11.9 Å². The Morgan fingerprint density at radius 1 is 1.24 bits per heavy atom. The van der Waals surface area contributed by atoms with E-state index in [4.69, 9.17) is 23.7 Å². The van der Waals surface area contributed by atoms with Crippen LogP contribution in [0.1, 0.15) is 16.8 Å². The standard InChI is InChI=1S/C23H26O11/c1-2-13-14-6-7-30-21(29)15(14)10-31-22(13)34-23-18(27)19(17(26)16(9-24)32-23)33-20(28)11-4-3-5-12(25)8-11/h2-5,8,10,13-14,16-19,22-27H,1,6-7,9H2/t13-,14-,16+,17-,18+,19-,22-,23-/m0/s1. The predicted octanol–water partition coefficient (Wildman–Crippen LogP) is -0.0213. The fourth-order valence-corrected chi connectivity index (χ4v) is 4.28. The van der Waals surface area contributed by atoms with Gasteiger partial charge in [0.25, 0.3) is 0 Å². The van der Waals surface area contributed by atoms with Crippen molar-refractivity contribution in [2.24, 2.45) is 11.8 Å². The Morgan fingerprint density at radius 2 is 2.03 bits per heavy atom. The molecule has 1 aromatic rings. The van der Waals surface area contributed by atoms with Gasteiger partial charge in [0.2, 0.25) is 6.29 Å². The summed E-state index contributed by atoms with van der Waals surface area (Å²) in [6.45, 7) is 3.37. The summed E-state index contributed by atoms with van der Waals surface area (Å²) in [5, 5.41) is 40.6. The summed E-state index contributed by atoms with van der Waals surface area (Å²) < 4.78 is 27.2. The smallest absolute Gasteiger partial charge is 0.338 e. The number of fused-ring (bicyclic) bond motifs is 1. The number of aliphatic hydroxyl groups is 3. The minimum absolute atomic E-state index is 0.00639. The van der Waals surface area contributed by atoms with Crippen LogP contribution in [0.4, 0.5) is 0 Å². The van der Waals surface area contributed by atoms with Crippen molar-refractivity contribution in [2.45, 2.75) is 43.4 Å².